The van der Waals surface area contributed by atoms with E-state index >= 15 is 0 Å². The molecule has 5 rings (SSSR count). The van der Waals surface area contributed by atoms with Gasteiger partial charge in [-0.3, -0.25) is 0 Å². The van der Waals surface area contributed by atoms with Crippen LogP contribution in [0.4, 0.5) is 5.69 Å². The van der Waals surface area contributed by atoms with E-state index in [9.17, 15) is 8.42 Å². The summed E-state index contributed by atoms with van der Waals surface area (Å²) >= 11 is 1.36. The van der Waals surface area contributed by atoms with E-state index in [2.05, 4.69) is 67.5 Å². The van der Waals surface area contributed by atoms with Crippen LogP contribution in [0.25, 0.3) is 21.2 Å². The summed E-state index contributed by atoms with van der Waals surface area (Å²) in [5.74, 6) is 0.371. The zero-order chi connectivity index (χ0) is 23.0. The van der Waals surface area contributed by atoms with Gasteiger partial charge in [0.1, 0.15) is 4.21 Å². The lowest BCUT2D eigenvalue weighted by molar-refractivity contribution is 0.320. The van der Waals surface area contributed by atoms with Gasteiger partial charge in [0.05, 0.1) is 0 Å². The van der Waals surface area contributed by atoms with Crippen LogP contribution in [0, 0.1) is 0 Å². The van der Waals surface area contributed by atoms with Crippen LogP contribution in [-0.2, 0) is 10.0 Å². The van der Waals surface area contributed by atoms with Crippen molar-refractivity contribution in [2.24, 2.45) is 0 Å². The molecule has 0 bridgehead atoms. The quantitative estimate of drug-likeness (QED) is 0.344. The molecule has 0 N–H and O–H groups in total. The number of rotatable bonds is 5. The summed E-state index contributed by atoms with van der Waals surface area (Å²) in [5, 5.41) is 0.992. The summed E-state index contributed by atoms with van der Waals surface area (Å²) < 4.78 is 29.6. The molecular formula is C27H28N2O2S2. The Hall–Kier alpha value is -2.67. The van der Waals surface area contributed by atoms with E-state index in [1.54, 1.807) is 4.31 Å². The molecule has 1 aliphatic heterocycles. The normalized spacial score (nSPS) is 15.7. The van der Waals surface area contributed by atoms with Gasteiger partial charge in [-0.25, -0.2) is 8.42 Å². The molecule has 0 spiro atoms. The minimum Gasteiger partial charge on any atom is -0.378 e. The zero-order valence-electron chi connectivity index (χ0n) is 18.9. The maximum absolute atomic E-state index is 13.3. The lowest BCUT2D eigenvalue weighted by atomic mass is 9.88. The third-order valence-electron chi connectivity index (χ3n) is 6.50. The second-order valence-corrected chi connectivity index (χ2v) is 12.1. The topological polar surface area (TPSA) is 40.6 Å². The van der Waals surface area contributed by atoms with Crippen LogP contribution in [-0.4, -0.2) is 39.9 Å². The molecule has 4 aromatic rings. The molecule has 1 aliphatic rings. The van der Waals surface area contributed by atoms with Crippen LogP contribution >= 0.6 is 11.3 Å². The minimum atomic E-state index is -3.45. The first kappa shape index (κ1) is 22.1. The fraction of sp³-hybridized carbons (Fsp3) is 0.259. The van der Waals surface area contributed by atoms with E-state index in [1.807, 2.05) is 30.3 Å². The van der Waals surface area contributed by atoms with Crippen molar-refractivity contribution < 1.29 is 8.42 Å². The Balaban J connectivity index is 1.32. The highest BCUT2D eigenvalue weighted by atomic mass is 32.2. The molecule has 4 nitrogen and oxygen atoms in total. The fourth-order valence-electron chi connectivity index (χ4n) is 4.58. The highest BCUT2D eigenvalue weighted by Gasteiger charge is 2.31. The number of hydrogen-bond donors (Lipinski definition) is 0. The molecule has 1 aromatic heterocycles. The number of fused-ring (bicyclic) bond motifs is 1. The Kier molecular flexibility index (Phi) is 5.99. The molecule has 1 saturated heterocycles. The summed E-state index contributed by atoms with van der Waals surface area (Å²) in [7, 11) is 0.657. The third-order valence-corrected chi connectivity index (χ3v) is 9.97. The van der Waals surface area contributed by atoms with E-state index in [1.165, 1.54) is 33.7 Å². The van der Waals surface area contributed by atoms with Crippen molar-refractivity contribution in [1.29, 1.82) is 0 Å². The Morgan fingerprint density at radius 1 is 0.848 bits per heavy atom. The Morgan fingerprint density at radius 3 is 2.27 bits per heavy atom. The summed E-state index contributed by atoms with van der Waals surface area (Å²) in [6.07, 6.45) is 1.68. The van der Waals surface area contributed by atoms with Gasteiger partial charge in [-0.15, -0.1) is 11.3 Å². The molecule has 0 radical (unpaired) electrons. The monoisotopic (exact) mass is 476 g/mol. The van der Waals surface area contributed by atoms with Gasteiger partial charge in [-0.1, -0.05) is 54.6 Å². The zero-order valence-corrected chi connectivity index (χ0v) is 20.6. The predicted molar refractivity (Wildman–Crippen MR) is 139 cm³/mol. The first-order valence-corrected chi connectivity index (χ1v) is 13.5. The summed E-state index contributed by atoms with van der Waals surface area (Å²) in [5.41, 5.74) is 4.88. The summed E-state index contributed by atoms with van der Waals surface area (Å²) in [6.45, 7) is 1.11. The number of nitrogens with zero attached hydrogens (tertiary/aromatic N) is 2. The number of piperidine rings is 1. The van der Waals surface area contributed by atoms with Crippen LogP contribution < -0.4 is 4.90 Å². The molecule has 0 saturated carbocycles. The highest BCUT2D eigenvalue weighted by molar-refractivity contribution is 7.91. The second-order valence-electron chi connectivity index (χ2n) is 8.85. The largest absolute Gasteiger partial charge is 0.378 e. The van der Waals surface area contributed by atoms with Gasteiger partial charge in [0.15, 0.2) is 0 Å². The number of thiophene rings is 1. The maximum atomic E-state index is 13.3. The van der Waals surface area contributed by atoms with Crippen molar-refractivity contribution in [1.82, 2.24) is 4.31 Å². The van der Waals surface area contributed by atoms with E-state index < -0.39 is 10.0 Å². The number of hydrogen-bond acceptors (Lipinski definition) is 4. The van der Waals surface area contributed by atoms with Gasteiger partial charge in [-0.2, -0.15) is 4.31 Å². The van der Waals surface area contributed by atoms with E-state index in [0.717, 1.165) is 22.9 Å². The minimum absolute atomic E-state index is 0.371. The van der Waals surface area contributed by atoms with Crippen molar-refractivity contribution in [3.8, 4) is 11.1 Å². The Bertz CT molecular complexity index is 1350. The molecule has 6 heteroatoms. The fourth-order valence-corrected chi connectivity index (χ4v) is 7.60. The first-order chi connectivity index (χ1) is 15.9. The second kappa shape index (κ2) is 8.93. The number of benzene rings is 3. The predicted octanol–water partition coefficient (Wildman–Crippen LogP) is 6.20. The van der Waals surface area contributed by atoms with Gasteiger partial charge < -0.3 is 4.90 Å². The lowest BCUT2D eigenvalue weighted by Gasteiger charge is -2.31. The van der Waals surface area contributed by atoms with Gasteiger partial charge in [0, 0.05) is 37.6 Å². The average Bonchev–Trinajstić information content (AvgIpc) is 3.30. The Morgan fingerprint density at radius 2 is 1.55 bits per heavy atom. The standard InChI is InChI=1S/C27H28N2O2S2/c1-28(2)25-11-6-10-23(18-25)22-9-5-8-21(17-22)20-13-15-29(16-14-20)33(30,31)27-19-24-7-3-4-12-26(24)32-27/h3-12,17-20H,13-16H2,1-2H3. The number of anilines is 1. The molecule has 33 heavy (non-hydrogen) atoms. The summed E-state index contributed by atoms with van der Waals surface area (Å²) in [6, 6.07) is 26.9. The van der Waals surface area contributed by atoms with Crippen molar-refractivity contribution >= 4 is 37.1 Å². The summed E-state index contributed by atoms with van der Waals surface area (Å²) in [4.78, 5) is 2.11. The SMILES string of the molecule is CN(C)c1cccc(-c2cccc(C3CCN(S(=O)(=O)c4cc5ccccc5s4)CC3)c2)c1. The highest BCUT2D eigenvalue weighted by Crippen LogP contribution is 2.36. The Labute approximate surface area is 200 Å². The molecular weight excluding hydrogens is 448 g/mol. The van der Waals surface area contributed by atoms with Gasteiger partial charge >= 0.3 is 0 Å². The molecule has 170 valence electrons. The molecule has 0 aliphatic carbocycles. The molecule has 0 atom stereocenters. The van der Waals surface area contributed by atoms with Crippen molar-refractivity contribution in [3.63, 3.8) is 0 Å². The molecule has 0 unspecified atom stereocenters. The van der Waals surface area contributed by atoms with Crippen molar-refractivity contribution in [2.75, 3.05) is 32.1 Å². The van der Waals surface area contributed by atoms with Gasteiger partial charge in [0.2, 0.25) is 0 Å². The molecule has 3 aromatic carbocycles. The number of sulfonamides is 1. The lowest BCUT2D eigenvalue weighted by Crippen LogP contribution is -2.37. The van der Waals surface area contributed by atoms with Crippen LogP contribution in [0.1, 0.15) is 24.3 Å². The third kappa shape index (κ3) is 4.43. The van der Waals surface area contributed by atoms with E-state index in [4.69, 9.17) is 0 Å². The smallest absolute Gasteiger partial charge is 0.252 e. The molecule has 1 fully saturated rings. The van der Waals surface area contributed by atoms with E-state index in [0.29, 0.717) is 23.2 Å². The van der Waals surface area contributed by atoms with E-state index in [-0.39, 0.29) is 0 Å². The molecule has 2 heterocycles. The van der Waals surface area contributed by atoms with Crippen LogP contribution in [0.5, 0.6) is 0 Å². The molecule has 0 amide bonds. The van der Waals surface area contributed by atoms with Crippen LogP contribution in [0.15, 0.2) is 83.1 Å². The van der Waals surface area contributed by atoms with Crippen molar-refractivity contribution in [3.05, 3.63) is 84.4 Å². The van der Waals surface area contributed by atoms with Crippen LogP contribution in [0.2, 0.25) is 0 Å². The van der Waals surface area contributed by atoms with Gasteiger partial charge in [-0.05, 0) is 65.1 Å². The van der Waals surface area contributed by atoms with Crippen molar-refractivity contribution in [2.45, 2.75) is 23.0 Å². The first-order valence-electron chi connectivity index (χ1n) is 11.3. The van der Waals surface area contributed by atoms with Gasteiger partial charge in [0.25, 0.3) is 10.0 Å². The van der Waals surface area contributed by atoms with Crippen LogP contribution in [0.3, 0.4) is 0 Å². The average molecular weight is 477 g/mol. The maximum Gasteiger partial charge on any atom is 0.252 e.